The monoisotopic (exact) mass is 314 g/mol. The number of rotatable bonds is 7. The molecule has 0 bridgehead atoms. The van der Waals surface area contributed by atoms with E-state index < -0.39 is 0 Å². The molecule has 1 aromatic rings. The lowest BCUT2D eigenvalue weighted by Crippen LogP contribution is -2.28. The molecule has 4 nitrogen and oxygen atoms in total. The van der Waals surface area contributed by atoms with Crippen LogP contribution in [0.4, 0.5) is 0 Å². The highest BCUT2D eigenvalue weighted by atomic mass is 35.5. The number of nitrogens with two attached hydrogens (primary N) is 1. The van der Waals surface area contributed by atoms with Gasteiger partial charge in [-0.3, -0.25) is 4.79 Å². The van der Waals surface area contributed by atoms with Crippen LogP contribution in [0.25, 0.3) is 0 Å². The van der Waals surface area contributed by atoms with Gasteiger partial charge < -0.3 is 15.8 Å². The SMILES string of the molecule is CC(N)CCC(=O)NC(C)c1ccc(OC(C)C)cc1.Cl. The number of carbonyl (C=O) groups excluding carboxylic acids is 1. The van der Waals surface area contributed by atoms with Gasteiger partial charge in [-0.25, -0.2) is 0 Å². The van der Waals surface area contributed by atoms with Crippen LogP contribution in [0.15, 0.2) is 24.3 Å². The van der Waals surface area contributed by atoms with Crippen molar-refractivity contribution in [3.8, 4) is 5.75 Å². The standard InChI is InChI=1S/C16H26N2O2.ClH/c1-11(2)20-15-8-6-14(7-9-15)13(4)18-16(19)10-5-12(3)17;/h6-9,11-13H,5,10,17H2,1-4H3,(H,18,19);1H. The third kappa shape index (κ3) is 7.93. The van der Waals surface area contributed by atoms with Crippen LogP contribution < -0.4 is 15.8 Å². The number of nitrogens with one attached hydrogen (secondary N) is 1. The third-order valence-corrected chi connectivity index (χ3v) is 2.96. The van der Waals surface area contributed by atoms with Crippen molar-refractivity contribution in [3.05, 3.63) is 29.8 Å². The van der Waals surface area contributed by atoms with Gasteiger partial charge in [0, 0.05) is 12.5 Å². The lowest BCUT2D eigenvalue weighted by atomic mass is 10.1. The molecule has 3 N–H and O–H groups in total. The molecular formula is C16H27ClN2O2. The molecule has 0 fully saturated rings. The zero-order chi connectivity index (χ0) is 15.1. The summed E-state index contributed by atoms with van der Waals surface area (Å²) in [5.41, 5.74) is 6.71. The number of benzene rings is 1. The van der Waals surface area contributed by atoms with Gasteiger partial charge in [0.15, 0.2) is 0 Å². The Morgan fingerprint density at radius 1 is 1.19 bits per heavy atom. The van der Waals surface area contributed by atoms with E-state index in [-0.39, 0.29) is 36.5 Å². The Morgan fingerprint density at radius 2 is 1.76 bits per heavy atom. The summed E-state index contributed by atoms with van der Waals surface area (Å²) in [5, 5.41) is 2.98. The summed E-state index contributed by atoms with van der Waals surface area (Å²) < 4.78 is 5.59. The number of amides is 1. The summed E-state index contributed by atoms with van der Waals surface area (Å²) in [7, 11) is 0. The minimum atomic E-state index is -0.0105. The molecule has 120 valence electrons. The molecule has 0 radical (unpaired) electrons. The average Bonchev–Trinajstić information content (AvgIpc) is 2.36. The number of hydrogen-bond donors (Lipinski definition) is 2. The van der Waals surface area contributed by atoms with Crippen LogP contribution in [0.2, 0.25) is 0 Å². The molecule has 21 heavy (non-hydrogen) atoms. The molecule has 2 atom stereocenters. The smallest absolute Gasteiger partial charge is 0.220 e. The Kier molecular flexibility index (Phi) is 9.06. The van der Waals surface area contributed by atoms with E-state index in [2.05, 4.69) is 5.32 Å². The fraction of sp³-hybridized carbons (Fsp3) is 0.562. The third-order valence-electron chi connectivity index (χ3n) is 2.96. The van der Waals surface area contributed by atoms with Crippen molar-refractivity contribution in [1.29, 1.82) is 0 Å². The zero-order valence-corrected chi connectivity index (χ0v) is 14.1. The van der Waals surface area contributed by atoms with Crippen molar-refractivity contribution < 1.29 is 9.53 Å². The second-order valence-electron chi connectivity index (χ2n) is 5.54. The predicted octanol–water partition coefficient (Wildman–Crippen LogP) is 3.20. The van der Waals surface area contributed by atoms with E-state index in [0.717, 1.165) is 11.3 Å². The van der Waals surface area contributed by atoms with Gasteiger partial charge in [-0.1, -0.05) is 12.1 Å². The molecule has 0 aliphatic rings. The first-order chi connectivity index (χ1) is 9.38. The maximum Gasteiger partial charge on any atom is 0.220 e. The molecule has 0 spiro atoms. The highest BCUT2D eigenvalue weighted by Crippen LogP contribution is 2.18. The largest absolute Gasteiger partial charge is 0.491 e. The second kappa shape index (κ2) is 9.64. The molecule has 1 rings (SSSR count). The highest BCUT2D eigenvalue weighted by molar-refractivity contribution is 5.85. The first-order valence-corrected chi connectivity index (χ1v) is 7.20. The van der Waals surface area contributed by atoms with Gasteiger partial charge in [0.1, 0.15) is 5.75 Å². The molecule has 5 heteroatoms. The Labute approximate surface area is 133 Å². The number of hydrogen-bond acceptors (Lipinski definition) is 3. The van der Waals surface area contributed by atoms with Crippen LogP contribution in [0.5, 0.6) is 5.75 Å². The Bertz CT molecular complexity index is 419. The fourth-order valence-corrected chi connectivity index (χ4v) is 1.86. The van der Waals surface area contributed by atoms with Crippen molar-refractivity contribution in [2.75, 3.05) is 0 Å². The van der Waals surface area contributed by atoms with Gasteiger partial charge in [0.2, 0.25) is 5.91 Å². The van der Waals surface area contributed by atoms with Gasteiger partial charge in [0.05, 0.1) is 12.1 Å². The fourth-order valence-electron chi connectivity index (χ4n) is 1.86. The molecule has 0 saturated heterocycles. The van der Waals surface area contributed by atoms with Gasteiger partial charge in [-0.2, -0.15) is 0 Å². The molecule has 2 unspecified atom stereocenters. The average molecular weight is 315 g/mol. The Balaban J connectivity index is 0.00000400. The summed E-state index contributed by atoms with van der Waals surface area (Å²) in [4.78, 5) is 11.8. The van der Waals surface area contributed by atoms with E-state index in [1.807, 2.05) is 52.0 Å². The van der Waals surface area contributed by atoms with Crippen molar-refractivity contribution in [2.45, 2.75) is 58.7 Å². The number of halogens is 1. The van der Waals surface area contributed by atoms with Crippen LogP contribution in [0, 0.1) is 0 Å². The summed E-state index contributed by atoms with van der Waals surface area (Å²) in [5.74, 6) is 0.886. The van der Waals surface area contributed by atoms with E-state index in [1.54, 1.807) is 0 Å². The van der Waals surface area contributed by atoms with Crippen LogP contribution in [-0.2, 0) is 4.79 Å². The van der Waals surface area contributed by atoms with E-state index >= 15 is 0 Å². The number of carbonyl (C=O) groups is 1. The lowest BCUT2D eigenvalue weighted by Gasteiger charge is -2.16. The molecule has 0 saturated carbocycles. The van der Waals surface area contributed by atoms with Crippen LogP contribution in [0.1, 0.15) is 52.1 Å². The minimum Gasteiger partial charge on any atom is -0.491 e. The van der Waals surface area contributed by atoms with E-state index in [0.29, 0.717) is 12.8 Å². The zero-order valence-electron chi connectivity index (χ0n) is 13.3. The Hall–Kier alpha value is -1.26. The van der Waals surface area contributed by atoms with Gasteiger partial charge >= 0.3 is 0 Å². The maximum atomic E-state index is 11.8. The molecule has 0 aliphatic heterocycles. The predicted molar refractivity (Wildman–Crippen MR) is 88.9 cm³/mol. The van der Waals surface area contributed by atoms with Gasteiger partial charge in [-0.15, -0.1) is 12.4 Å². The quantitative estimate of drug-likeness (QED) is 0.812. The maximum absolute atomic E-state index is 11.8. The first kappa shape index (κ1) is 19.7. The van der Waals surface area contributed by atoms with Crippen LogP contribution in [0.3, 0.4) is 0 Å². The molecular weight excluding hydrogens is 288 g/mol. The van der Waals surface area contributed by atoms with Crippen molar-refractivity contribution in [2.24, 2.45) is 5.73 Å². The van der Waals surface area contributed by atoms with Crippen molar-refractivity contribution >= 4 is 18.3 Å². The molecule has 1 amide bonds. The van der Waals surface area contributed by atoms with Gasteiger partial charge in [0.25, 0.3) is 0 Å². The lowest BCUT2D eigenvalue weighted by molar-refractivity contribution is -0.121. The molecule has 1 aromatic carbocycles. The summed E-state index contributed by atoms with van der Waals surface area (Å²) in [6.07, 6.45) is 1.34. The number of ether oxygens (including phenoxy) is 1. The Morgan fingerprint density at radius 3 is 2.24 bits per heavy atom. The summed E-state index contributed by atoms with van der Waals surface area (Å²) in [6.45, 7) is 7.87. The molecule has 0 heterocycles. The van der Waals surface area contributed by atoms with Crippen LogP contribution >= 0.6 is 12.4 Å². The second-order valence-corrected chi connectivity index (χ2v) is 5.54. The topological polar surface area (TPSA) is 64.4 Å². The summed E-state index contributed by atoms with van der Waals surface area (Å²) in [6, 6.07) is 7.87. The highest BCUT2D eigenvalue weighted by Gasteiger charge is 2.10. The van der Waals surface area contributed by atoms with Crippen molar-refractivity contribution in [3.63, 3.8) is 0 Å². The van der Waals surface area contributed by atoms with E-state index in [4.69, 9.17) is 10.5 Å². The van der Waals surface area contributed by atoms with Gasteiger partial charge in [-0.05, 0) is 51.8 Å². The van der Waals surface area contributed by atoms with Crippen LogP contribution in [-0.4, -0.2) is 18.1 Å². The van der Waals surface area contributed by atoms with E-state index in [1.165, 1.54) is 0 Å². The van der Waals surface area contributed by atoms with Crippen molar-refractivity contribution in [1.82, 2.24) is 5.32 Å². The first-order valence-electron chi connectivity index (χ1n) is 7.20. The van der Waals surface area contributed by atoms with E-state index in [9.17, 15) is 4.79 Å². The molecule has 0 aliphatic carbocycles. The summed E-state index contributed by atoms with van der Waals surface area (Å²) >= 11 is 0. The molecule has 0 aromatic heterocycles. The minimum absolute atomic E-state index is 0. The normalized spacial score (nSPS) is 13.2.